The molecule has 1 unspecified atom stereocenters. The molecule has 19 heavy (non-hydrogen) atoms. The lowest BCUT2D eigenvalue weighted by atomic mass is 9.74. The SMILES string of the molecule is CCC1(CC)CCN(c2ccc(C(C)N)cc2)CC1. The second-order valence-corrected chi connectivity index (χ2v) is 6.07. The van der Waals surface area contributed by atoms with Crippen LogP contribution in [0.15, 0.2) is 24.3 Å². The number of piperidine rings is 1. The molecule has 2 N–H and O–H groups in total. The molecule has 0 radical (unpaired) electrons. The van der Waals surface area contributed by atoms with E-state index in [4.69, 9.17) is 5.73 Å². The summed E-state index contributed by atoms with van der Waals surface area (Å²) < 4.78 is 0. The molecule has 106 valence electrons. The van der Waals surface area contributed by atoms with Crippen molar-refractivity contribution in [2.45, 2.75) is 52.5 Å². The molecular formula is C17H28N2. The van der Waals surface area contributed by atoms with Crippen LogP contribution < -0.4 is 10.6 Å². The molecule has 1 fully saturated rings. The van der Waals surface area contributed by atoms with Crippen molar-refractivity contribution in [2.75, 3.05) is 18.0 Å². The quantitative estimate of drug-likeness (QED) is 0.882. The van der Waals surface area contributed by atoms with E-state index in [-0.39, 0.29) is 6.04 Å². The van der Waals surface area contributed by atoms with E-state index in [1.165, 1.54) is 50.0 Å². The molecule has 2 nitrogen and oxygen atoms in total. The Morgan fingerprint density at radius 3 is 2.05 bits per heavy atom. The number of anilines is 1. The van der Waals surface area contributed by atoms with Crippen molar-refractivity contribution < 1.29 is 0 Å². The van der Waals surface area contributed by atoms with Gasteiger partial charge in [0.25, 0.3) is 0 Å². The molecule has 1 saturated heterocycles. The number of hydrogen-bond acceptors (Lipinski definition) is 2. The summed E-state index contributed by atoms with van der Waals surface area (Å²) >= 11 is 0. The Balaban J connectivity index is 2.01. The van der Waals surface area contributed by atoms with Crippen LogP contribution in [0.4, 0.5) is 5.69 Å². The molecular weight excluding hydrogens is 232 g/mol. The van der Waals surface area contributed by atoms with Gasteiger partial charge in [-0.1, -0.05) is 38.8 Å². The van der Waals surface area contributed by atoms with Gasteiger partial charge in [0.05, 0.1) is 0 Å². The molecule has 2 rings (SSSR count). The van der Waals surface area contributed by atoms with E-state index in [1.54, 1.807) is 0 Å². The van der Waals surface area contributed by atoms with E-state index >= 15 is 0 Å². The summed E-state index contributed by atoms with van der Waals surface area (Å²) in [7, 11) is 0. The Hall–Kier alpha value is -1.02. The lowest BCUT2D eigenvalue weighted by Crippen LogP contribution is -2.39. The van der Waals surface area contributed by atoms with E-state index in [1.807, 2.05) is 6.92 Å². The van der Waals surface area contributed by atoms with Crippen molar-refractivity contribution in [3.63, 3.8) is 0 Å². The summed E-state index contributed by atoms with van der Waals surface area (Å²) in [5, 5.41) is 0. The predicted octanol–water partition coefficient (Wildman–Crippen LogP) is 4.11. The molecule has 0 spiro atoms. The molecule has 0 aromatic heterocycles. The van der Waals surface area contributed by atoms with Gasteiger partial charge >= 0.3 is 0 Å². The van der Waals surface area contributed by atoms with E-state index < -0.39 is 0 Å². The van der Waals surface area contributed by atoms with Crippen LogP contribution in [0.25, 0.3) is 0 Å². The van der Waals surface area contributed by atoms with Gasteiger partial charge in [0.1, 0.15) is 0 Å². The molecule has 1 aliphatic rings. The van der Waals surface area contributed by atoms with Crippen LogP contribution >= 0.6 is 0 Å². The fourth-order valence-corrected chi connectivity index (χ4v) is 3.19. The molecule has 1 aliphatic heterocycles. The predicted molar refractivity (Wildman–Crippen MR) is 83.5 cm³/mol. The monoisotopic (exact) mass is 260 g/mol. The summed E-state index contributed by atoms with van der Waals surface area (Å²) in [6.45, 7) is 9.11. The fourth-order valence-electron chi connectivity index (χ4n) is 3.19. The van der Waals surface area contributed by atoms with Crippen molar-refractivity contribution in [3.05, 3.63) is 29.8 Å². The van der Waals surface area contributed by atoms with E-state index in [9.17, 15) is 0 Å². The second-order valence-electron chi connectivity index (χ2n) is 6.07. The van der Waals surface area contributed by atoms with Crippen molar-refractivity contribution in [2.24, 2.45) is 11.1 Å². The maximum Gasteiger partial charge on any atom is 0.0366 e. The first kappa shape index (κ1) is 14.4. The van der Waals surface area contributed by atoms with Crippen LogP contribution in [0.3, 0.4) is 0 Å². The molecule has 0 aliphatic carbocycles. The van der Waals surface area contributed by atoms with Crippen molar-refractivity contribution in [3.8, 4) is 0 Å². The smallest absolute Gasteiger partial charge is 0.0366 e. The first-order valence-electron chi connectivity index (χ1n) is 7.71. The molecule has 0 amide bonds. The molecule has 1 aromatic rings. The number of hydrogen-bond donors (Lipinski definition) is 1. The van der Waals surface area contributed by atoms with E-state index in [2.05, 4.69) is 43.0 Å². The summed E-state index contributed by atoms with van der Waals surface area (Å²) in [5.41, 5.74) is 9.07. The maximum atomic E-state index is 5.90. The largest absolute Gasteiger partial charge is 0.371 e. The van der Waals surface area contributed by atoms with Gasteiger partial charge in [-0.05, 0) is 42.9 Å². The van der Waals surface area contributed by atoms with Crippen LogP contribution in [0.1, 0.15) is 58.1 Å². The van der Waals surface area contributed by atoms with Gasteiger partial charge in [-0.3, -0.25) is 0 Å². The van der Waals surface area contributed by atoms with Crippen LogP contribution in [-0.2, 0) is 0 Å². The van der Waals surface area contributed by atoms with Crippen molar-refractivity contribution in [1.29, 1.82) is 0 Å². The van der Waals surface area contributed by atoms with Crippen LogP contribution in [-0.4, -0.2) is 13.1 Å². The van der Waals surface area contributed by atoms with Crippen LogP contribution in [0, 0.1) is 5.41 Å². The Morgan fingerprint density at radius 2 is 1.63 bits per heavy atom. The highest BCUT2D eigenvalue weighted by Gasteiger charge is 2.31. The lowest BCUT2D eigenvalue weighted by molar-refractivity contribution is 0.199. The number of benzene rings is 1. The molecule has 1 heterocycles. The van der Waals surface area contributed by atoms with Crippen molar-refractivity contribution in [1.82, 2.24) is 0 Å². The molecule has 0 bridgehead atoms. The molecule has 2 heteroatoms. The number of nitrogens with two attached hydrogens (primary N) is 1. The van der Waals surface area contributed by atoms with Gasteiger partial charge in [0.15, 0.2) is 0 Å². The normalized spacial score (nSPS) is 20.3. The topological polar surface area (TPSA) is 29.3 Å². The zero-order valence-corrected chi connectivity index (χ0v) is 12.7. The van der Waals surface area contributed by atoms with Crippen LogP contribution in [0.5, 0.6) is 0 Å². The average molecular weight is 260 g/mol. The summed E-state index contributed by atoms with van der Waals surface area (Å²) in [5.74, 6) is 0. The Bertz CT molecular complexity index is 380. The number of nitrogens with zero attached hydrogens (tertiary/aromatic N) is 1. The summed E-state index contributed by atoms with van der Waals surface area (Å²) in [6, 6.07) is 8.92. The molecule has 1 atom stereocenters. The highest BCUT2D eigenvalue weighted by atomic mass is 15.1. The third-order valence-corrected chi connectivity index (χ3v) is 5.11. The van der Waals surface area contributed by atoms with Gasteiger partial charge in [-0.25, -0.2) is 0 Å². The fraction of sp³-hybridized carbons (Fsp3) is 0.647. The zero-order chi connectivity index (χ0) is 13.9. The van der Waals surface area contributed by atoms with Gasteiger partial charge < -0.3 is 10.6 Å². The summed E-state index contributed by atoms with van der Waals surface area (Å²) in [4.78, 5) is 2.52. The highest BCUT2D eigenvalue weighted by molar-refractivity contribution is 5.48. The number of rotatable bonds is 4. The van der Waals surface area contributed by atoms with Gasteiger partial charge in [0.2, 0.25) is 0 Å². The lowest BCUT2D eigenvalue weighted by Gasteiger charge is -2.42. The second kappa shape index (κ2) is 5.96. The van der Waals surface area contributed by atoms with Gasteiger partial charge in [-0.2, -0.15) is 0 Å². The minimum Gasteiger partial charge on any atom is -0.371 e. The van der Waals surface area contributed by atoms with Crippen LogP contribution in [0.2, 0.25) is 0 Å². The first-order chi connectivity index (χ1) is 9.10. The molecule has 1 aromatic carbocycles. The van der Waals surface area contributed by atoms with Gasteiger partial charge in [-0.15, -0.1) is 0 Å². The van der Waals surface area contributed by atoms with Crippen molar-refractivity contribution >= 4 is 5.69 Å². The Kier molecular flexibility index (Phi) is 4.51. The highest BCUT2D eigenvalue weighted by Crippen LogP contribution is 2.39. The van der Waals surface area contributed by atoms with E-state index in [0.29, 0.717) is 5.41 Å². The third kappa shape index (κ3) is 3.11. The van der Waals surface area contributed by atoms with E-state index in [0.717, 1.165) is 0 Å². The standard InChI is InChI=1S/C17H28N2/c1-4-17(5-2)10-12-19(13-11-17)16-8-6-15(7-9-16)14(3)18/h6-9,14H,4-5,10-13,18H2,1-3H3. The minimum absolute atomic E-state index is 0.128. The maximum absolute atomic E-state index is 5.90. The average Bonchev–Trinajstić information content (AvgIpc) is 2.47. The zero-order valence-electron chi connectivity index (χ0n) is 12.7. The molecule has 0 saturated carbocycles. The Labute approximate surface area is 118 Å². The first-order valence-corrected chi connectivity index (χ1v) is 7.71. The third-order valence-electron chi connectivity index (χ3n) is 5.11. The minimum atomic E-state index is 0.128. The Morgan fingerprint density at radius 1 is 1.11 bits per heavy atom. The summed E-state index contributed by atoms with van der Waals surface area (Å²) in [6.07, 6.45) is 5.30. The van der Waals surface area contributed by atoms with Gasteiger partial charge in [0, 0.05) is 24.8 Å².